The van der Waals surface area contributed by atoms with Crippen LogP contribution in [0.3, 0.4) is 0 Å². The average Bonchev–Trinajstić information content (AvgIpc) is 2.47. The number of rotatable bonds is 8. The molecule has 0 radical (unpaired) electrons. The van der Waals surface area contributed by atoms with Gasteiger partial charge in [0.15, 0.2) is 0 Å². The fraction of sp³-hybridized carbons (Fsp3) is 0.500. The highest BCUT2D eigenvalue weighted by Gasteiger charge is 2.13. The summed E-state index contributed by atoms with van der Waals surface area (Å²) < 4.78 is 5.18. The van der Waals surface area contributed by atoms with Gasteiger partial charge in [0.05, 0.1) is 12.8 Å². The van der Waals surface area contributed by atoms with Crippen LogP contribution in [-0.4, -0.2) is 25.5 Å². The normalized spacial score (nSPS) is 10.2. The second-order valence-corrected chi connectivity index (χ2v) is 5.49. The van der Waals surface area contributed by atoms with Crippen molar-refractivity contribution in [3.63, 3.8) is 0 Å². The minimum Gasteiger partial charge on any atom is -0.495 e. The van der Waals surface area contributed by atoms with E-state index in [0.29, 0.717) is 23.0 Å². The Kier molecular flexibility index (Phi) is 7.74. The Morgan fingerprint density at radius 3 is 2.59 bits per heavy atom. The molecular weight excluding hydrogens is 304 g/mol. The van der Waals surface area contributed by atoms with Crippen LogP contribution in [-0.2, 0) is 9.59 Å². The Hall–Kier alpha value is -1.75. The first kappa shape index (κ1) is 18.3. The lowest BCUT2D eigenvalue weighted by atomic mass is 10.2. The average molecular weight is 327 g/mol. The number of carbonyl (C=O) groups excluding carboxylic acids is 2. The van der Waals surface area contributed by atoms with Crippen molar-refractivity contribution in [2.45, 2.75) is 39.5 Å². The van der Waals surface area contributed by atoms with Crippen molar-refractivity contribution >= 4 is 29.1 Å². The minimum absolute atomic E-state index is 0.211. The van der Waals surface area contributed by atoms with Gasteiger partial charge in [-0.1, -0.05) is 31.4 Å². The van der Waals surface area contributed by atoms with Crippen molar-refractivity contribution in [2.24, 2.45) is 0 Å². The van der Waals surface area contributed by atoms with Crippen LogP contribution in [0.1, 0.15) is 38.2 Å². The van der Waals surface area contributed by atoms with Crippen LogP contribution in [0.5, 0.6) is 5.75 Å². The number of benzene rings is 1. The predicted octanol–water partition coefficient (Wildman–Crippen LogP) is 3.29. The molecule has 5 nitrogen and oxygen atoms in total. The number of anilines is 1. The molecule has 0 aliphatic rings. The lowest BCUT2D eigenvalue weighted by Crippen LogP contribution is -2.29. The number of hydrogen-bond acceptors (Lipinski definition) is 3. The third kappa shape index (κ3) is 5.93. The van der Waals surface area contributed by atoms with Gasteiger partial charge in [-0.05, 0) is 25.0 Å². The van der Waals surface area contributed by atoms with E-state index in [1.165, 1.54) is 7.11 Å². The van der Waals surface area contributed by atoms with Crippen molar-refractivity contribution < 1.29 is 14.3 Å². The van der Waals surface area contributed by atoms with Gasteiger partial charge in [0.25, 0.3) is 0 Å². The number of hydrogen-bond donors (Lipinski definition) is 2. The molecule has 1 aromatic carbocycles. The summed E-state index contributed by atoms with van der Waals surface area (Å²) in [6, 6.07) is 3.36. The summed E-state index contributed by atoms with van der Waals surface area (Å²) in [6.45, 7) is 4.53. The van der Waals surface area contributed by atoms with Crippen molar-refractivity contribution in [2.75, 3.05) is 19.0 Å². The maximum Gasteiger partial charge on any atom is 0.233 e. The molecule has 0 unspecified atom stereocenters. The number of halogens is 1. The molecule has 122 valence electrons. The highest BCUT2D eigenvalue weighted by atomic mass is 35.5. The quantitative estimate of drug-likeness (QED) is 0.569. The van der Waals surface area contributed by atoms with Crippen LogP contribution in [0.15, 0.2) is 12.1 Å². The van der Waals surface area contributed by atoms with E-state index in [9.17, 15) is 9.59 Å². The largest absolute Gasteiger partial charge is 0.495 e. The van der Waals surface area contributed by atoms with Crippen LogP contribution in [0, 0.1) is 6.92 Å². The third-order valence-corrected chi connectivity index (χ3v) is 3.59. The molecule has 0 bridgehead atoms. The molecule has 0 aliphatic heterocycles. The number of carbonyl (C=O) groups is 2. The summed E-state index contributed by atoms with van der Waals surface area (Å²) in [5, 5.41) is 5.97. The standard InChI is InChI=1S/C16H23ClN2O3/c1-4-5-6-7-18-15(20)10-16(21)19-13-8-11(2)12(17)9-14(13)22-3/h8-9H,4-7,10H2,1-3H3,(H,18,20)(H,19,21). The Morgan fingerprint density at radius 1 is 1.23 bits per heavy atom. The van der Waals surface area contributed by atoms with E-state index >= 15 is 0 Å². The van der Waals surface area contributed by atoms with Crippen LogP contribution >= 0.6 is 11.6 Å². The summed E-state index contributed by atoms with van der Waals surface area (Å²) in [7, 11) is 1.50. The van der Waals surface area contributed by atoms with Gasteiger partial charge >= 0.3 is 0 Å². The summed E-state index contributed by atoms with van der Waals surface area (Å²) in [4.78, 5) is 23.6. The van der Waals surface area contributed by atoms with E-state index in [1.54, 1.807) is 12.1 Å². The van der Waals surface area contributed by atoms with Gasteiger partial charge in [0.1, 0.15) is 12.2 Å². The molecule has 6 heteroatoms. The zero-order valence-electron chi connectivity index (χ0n) is 13.3. The van der Waals surface area contributed by atoms with E-state index < -0.39 is 0 Å². The number of methoxy groups -OCH3 is 1. The van der Waals surface area contributed by atoms with Crippen LogP contribution in [0.25, 0.3) is 0 Å². The highest BCUT2D eigenvalue weighted by Crippen LogP contribution is 2.30. The summed E-state index contributed by atoms with van der Waals surface area (Å²) >= 11 is 6.01. The van der Waals surface area contributed by atoms with Gasteiger partial charge in [-0.15, -0.1) is 0 Å². The molecule has 0 heterocycles. The highest BCUT2D eigenvalue weighted by molar-refractivity contribution is 6.31. The van der Waals surface area contributed by atoms with E-state index in [1.807, 2.05) is 6.92 Å². The molecular formula is C16H23ClN2O3. The second kappa shape index (κ2) is 9.30. The van der Waals surface area contributed by atoms with Crippen molar-refractivity contribution in [3.05, 3.63) is 22.7 Å². The van der Waals surface area contributed by atoms with Crippen LogP contribution in [0.4, 0.5) is 5.69 Å². The number of nitrogens with one attached hydrogen (secondary N) is 2. The SMILES string of the molecule is CCCCCNC(=O)CC(=O)Nc1cc(C)c(Cl)cc1OC. The fourth-order valence-corrected chi connectivity index (χ4v) is 2.09. The molecule has 2 N–H and O–H groups in total. The van der Waals surface area contributed by atoms with E-state index in [4.69, 9.17) is 16.3 Å². The van der Waals surface area contributed by atoms with Gasteiger partial charge in [-0.25, -0.2) is 0 Å². The summed E-state index contributed by atoms with van der Waals surface area (Å²) in [5.41, 5.74) is 1.33. The van der Waals surface area contributed by atoms with Crippen molar-refractivity contribution in [1.29, 1.82) is 0 Å². The number of amides is 2. The molecule has 0 fully saturated rings. The number of ether oxygens (including phenoxy) is 1. The Bertz CT molecular complexity index is 532. The topological polar surface area (TPSA) is 67.4 Å². The fourth-order valence-electron chi connectivity index (χ4n) is 1.94. The van der Waals surface area contributed by atoms with E-state index in [0.717, 1.165) is 24.8 Å². The minimum atomic E-state index is -0.381. The van der Waals surface area contributed by atoms with Crippen LogP contribution in [0.2, 0.25) is 5.02 Å². The molecule has 0 spiro atoms. The van der Waals surface area contributed by atoms with Crippen LogP contribution < -0.4 is 15.4 Å². The van der Waals surface area contributed by atoms with Gasteiger partial charge in [-0.3, -0.25) is 9.59 Å². The smallest absolute Gasteiger partial charge is 0.233 e. The monoisotopic (exact) mass is 326 g/mol. The molecule has 0 atom stereocenters. The second-order valence-electron chi connectivity index (χ2n) is 5.08. The molecule has 0 aliphatic carbocycles. The molecule has 0 saturated heterocycles. The molecule has 22 heavy (non-hydrogen) atoms. The summed E-state index contributed by atoms with van der Waals surface area (Å²) in [6.07, 6.45) is 2.87. The van der Waals surface area contributed by atoms with Gasteiger partial charge in [0, 0.05) is 17.6 Å². The van der Waals surface area contributed by atoms with E-state index in [-0.39, 0.29) is 18.2 Å². The van der Waals surface area contributed by atoms with Gasteiger partial charge in [-0.2, -0.15) is 0 Å². The number of aryl methyl sites for hydroxylation is 1. The predicted molar refractivity (Wildman–Crippen MR) is 88.5 cm³/mol. The maximum atomic E-state index is 11.9. The summed E-state index contributed by atoms with van der Waals surface area (Å²) in [5.74, 6) is -0.196. The Balaban J connectivity index is 2.54. The molecule has 1 rings (SSSR count). The third-order valence-electron chi connectivity index (χ3n) is 3.18. The Morgan fingerprint density at radius 2 is 1.95 bits per heavy atom. The lowest BCUT2D eigenvalue weighted by Gasteiger charge is -2.12. The lowest BCUT2D eigenvalue weighted by molar-refractivity contribution is -0.126. The van der Waals surface area contributed by atoms with Crippen molar-refractivity contribution in [3.8, 4) is 5.75 Å². The zero-order valence-corrected chi connectivity index (χ0v) is 14.0. The first-order chi connectivity index (χ1) is 10.5. The number of unbranched alkanes of at least 4 members (excludes halogenated alkanes) is 2. The first-order valence-electron chi connectivity index (χ1n) is 7.38. The Labute approximate surface area is 136 Å². The van der Waals surface area contributed by atoms with Crippen molar-refractivity contribution in [1.82, 2.24) is 5.32 Å². The maximum absolute atomic E-state index is 11.9. The first-order valence-corrected chi connectivity index (χ1v) is 7.76. The molecule has 0 saturated carbocycles. The zero-order chi connectivity index (χ0) is 16.5. The molecule has 2 amide bonds. The van der Waals surface area contributed by atoms with Gasteiger partial charge in [0.2, 0.25) is 11.8 Å². The molecule has 1 aromatic rings. The molecule has 0 aromatic heterocycles. The van der Waals surface area contributed by atoms with Gasteiger partial charge < -0.3 is 15.4 Å². The van der Waals surface area contributed by atoms with E-state index in [2.05, 4.69) is 17.6 Å².